The second-order valence-corrected chi connectivity index (χ2v) is 38.5. The van der Waals surface area contributed by atoms with Crippen molar-refractivity contribution in [1.29, 1.82) is 0 Å². The van der Waals surface area contributed by atoms with E-state index in [-0.39, 0.29) is 17.8 Å². The molecule has 0 atom stereocenters. The minimum atomic E-state index is 0.287. The van der Waals surface area contributed by atoms with Gasteiger partial charge in [0.25, 0.3) is 53.2 Å². The highest BCUT2D eigenvalue weighted by atomic mass is 16.5. The zero-order valence-corrected chi connectivity index (χ0v) is 86.0. The van der Waals surface area contributed by atoms with Crippen molar-refractivity contribution in [2.45, 2.75) is 175 Å². The molecule has 0 unspecified atom stereocenters. The SMILES string of the molecule is CC(C)c1ccc(-c2nc(N3CCC(N4CCOCC4)CC3)no2)cn1.CC(C)c1ccc(-c2nc(N3CCOCC3)no2)cn1.CC(C)c1ccc(-c2nnc(N3CCC(N4CCOCC4)CC3)o2)cn1.COc1cc(-c2nc(N3CCOCC3)no2)cnc1C(C)C.COc1cc(-c2nnc(N3CCC(N4CCOCC4)CC3)o2)cnc1C(C)C.COc1cc(-c2nnc(N3CCOCC3)o2)cnc1C(C)C. The molecule has 0 aliphatic carbocycles. The van der Waals surface area contributed by atoms with Crippen molar-refractivity contribution in [2.75, 3.05) is 248 Å². The quantitative estimate of drug-likeness (QED) is 0.0542. The van der Waals surface area contributed by atoms with E-state index in [1.165, 1.54) is 0 Å². The molecule has 21 heterocycles. The van der Waals surface area contributed by atoms with Crippen molar-refractivity contribution in [3.05, 3.63) is 126 Å². The number of pyridine rings is 6. The maximum Gasteiger partial charge on any atom is 0.318 e. The van der Waals surface area contributed by atoms with Gasteiger partial charge in [-0.05, 0) is 144 Å². The Labute approximate surface area is 841 Å². The first-order chi connectivity index (χ1) is 70.2. The second-order valence-electron chi connectivity index (χ2n) is 38.5. The Morgan fingerprint density at radius 1 is 0.257 bits per heavy atom. The third kappa shape index (κ3) is 27.6. The fourth-order valence-corrected chi connectivity index (χ4v) is 18.3. The molecule has 42 heteroatoms. The molecule has 9 aliphatic heterocycles. The van der Waals surface area contributed by atoms with Crippen LogP contribution in [0.25, 0.3) is 68.7 Å². The van der Waals surface area contributed by atoms with E-state index in [4.69, 9.17) is 69.5 Å². The van der Waals surface area contributed by atoms with Crippen molar-refractivity contribution in [3.63, 3.8) is 0 Å². The average Bonchev–Trinajstić information content (AvgIpc) is 1.86. The summed E-state index contributed by atoms with van der Waals surface area (Å²) in [5, 5.41) is 37.5. The number of piperidine rings is 3. The van der Waals surface area contributed by atoms with Crippen LogP contribution in [0.4, 0.5) is 35.9 Å². The molecule has 42 nitrogen and oxygen atoms in total. The summed E-state index contributed by atoms with van der Waals surface area (Å²) in [4.78, 5) is 60.7. The lowest BCUT2D eigenvalue weighted by atomic mass is 10.0. The predicted molar refractivity (Wildman–Crippen MR) is 541 cm³/mol. The van der Waals surface area contributed by atoms with E-state index in [0.29, 0.717) is 147 Å². The van der Waals surface area contributed by atoms with Crippen LogP contribution in [0, 0.1) is 0 Å². The largest absolute Gasteiger partial charge is 0.495 e. The fraction of sp³-hybridized carbons (Fsp3) is 0.588. The van der Waals surface area contributed by atoms with Crippen LogP contribution in [0.1, 0.15) is 191 Å². The number of aromatic nitrogens is 18. The molecule has 12 aromatic rings. The molecule has 12 aromatic heterocycles. The van der Waals surface area contributed by atoms with Crippen molar-refractivity contribution in [3.8, 4) is 86.0 Å². The number of ether oxygens (including phenoxy) is 9. The Hall–Kier alpha value is -12.4. The number of anilines is 6. The molecule has 9 saturated heterocycles. The zero-order valence-electron chi connectivity index (χ0n) is 86.0. The second kappa shape index (κ2) is 51.4. The molecule has 0 aromatic carbocycles. The molecule has 21 rings (SSSR count). The van der Waals surface area contributed by atoms with Gasteiger partial charge in [0.1, 0.15) is 17.2 Å². The third-order valence-corrected chi connectivity index (χ3v) is 26.8. The van der Waals surface area contributed by atoms with Gasteiger partial charge >= 0.3 is 18.0 Å². The summed E-state index contributed by atoms with van der Waals surface area (Å²) < 4.78 is 82.4. The average molecular weight is 1990 g/mol. The minimum Gasteiger partial charge on any atom is -0.495 e. The Bertz CT molecular complexity index is 5600. The summed E-state index contributed by atoms with van der Waals surface area (Å²) in [5.41, 5.74) is 10.8. The van der Waals surface area contributed by atoms with Crippen LogP contribution in [0.3, 0.4) is 0 Å². The molecule has 0 N–H and O–H groups in total. The van der Waals surface area contributed by atoms with Gasteiger partial charge in [0.2, 0.25) is 0 Å². The van der Waals surface area contributed by atoms with Gasteiger partial charge in [0, 0.05) is 190 Å². The van der Waals surface area contributed by atoms with Crippen LogP contribution in [-0.2, 0) is 28.4 Å². The Morgan fingerprint density at radius 3 is 0.764 bits per heavy atom. The van der Waals surface area contributed by atoms with E-state index in [1.807, 2.05) is 76.8 Å². The molecule has 9 fully saturated rings. The van der Waals surface area contributed by atoms with E-state index < -0.39 is 0 Å². The Morgan fingerprint density at radius 2 is 0.493 bits per heavy atom. The van der Waals surface area contributed by atoms with Gasteiger partial charge < -0.3 is 98.9 Å². The molecule has 144 heavy (non-hydrogen) atoms. The highest BCUT2D eigenvalue weighted by Gasteiger charge is 2.34. The van der Waals surface area contributed by atoms with Crippen LogP contribution >= 0.6 is 0 Å². The van der Waals surface area contributed by atoms with Crippen LogP contribution in [0.15, 0.2) is 119 Å². The van der Waals surface area contributed by atoms with Crippen molar-refractivity contribution < 1.29 is 69.5 Å². The highest BCUT2D eigenvalue weighted by Crippen LogP contribution is 2.37. The van der Waals surface area contributed by atoms with Gasteiger partial charge in [-0.3, -0.25) is 44.6 Å². The van der Waals surface area contributed by atoms with Crippen LogP contribution < -0.4 is 43.6 Å². The molecule has 9 aliphatic rings. The first kappa shape index (κ1) is 104. The minimum absolute atomic E-state index is 0.287. The topological polar surface area (TPSA) is 423 Å². The van der Waals surface area contributed by atoms with Crippen LogP contribution in [0.5, 0.6) is 17.2 Å². The first-order valence-corrected chi connectivity index (χ1v) is 50.9. The summed E-state index contributed by atoms with van der Waals surface area (Å²) >= 11 is 0. The van der Waals surface area contributed by atoms with Gasteiger partial charge in [-0.25, -0.2) is 0 Å². The van der Waals surface area contributed by atoms with Gasteiger partial charge in [-0.1, -0.05) is 98.4 Å². The first-order valence-electron chi connectivity index (χ1n) is 50.9. The lowest BCUT2D eigenvalue weighted by Gasteiger charge is -2.39. The normalized spacial score (nSPS) is 17.9. The molecule has 0 bridgehead atoms. The summed E-state index contributed by atoms with van der Waals surface area (Å²) in [6.45, 7) is 51.1. The van der Waals surface area contributed by atoms with E-state index >= 15 is 0 Å². The van der Waals surface area contributed by atoms with E-state index in [0.717, 1.165) is 281 Å². The van der Waals surface area contributed by atoms with E-state index in [1.54, 1.807) is 46.1 Å². The Kier molecular flexibility index (Phi) is 37.3. The molecular weight excluding hydrogens is 1840 g/mol. The van der Waals surface area contributed by atoms with Crippen molar-refractivity contribution in [2.24, 2.45) is 0 Å². The highest BCUT2D eigenvalue weighted by molar-refractivity contribution is 5.61. The lowest BCUT2D eigenvalue weighted by molar-refractivity contribution is 0.0113. The molecule has 0 spiro atoms. The zero-order chi connectivity index (χ0) is 100. The van der Waals surface area contributed by atoms with Crippen molar-refractivity contribution >= 4 is 35.9 Å². The summed E-state index contributed by atoms with van der Waals surface area (Å²) in [5.74, 6) is 9.18. The van der Waals surface area contributed by atoms with Crippen molar-refractivity contribution in [1.82, 2.24) is 106 Å². The number of hydrogen-bond acceptors (Lipinski definition) is 42. The third-order valence-electron chi connectivity index (χ3n) is 26.8. The van der Waals surface area contributed by atoms with Gasteiger partial charge in [0.15, 0.2) is 0 Å². The lowest BCUT2D eigenvalue weighted by Crippen LogP contribution is -2.49. The molecular formula is C102H141N27O15. The molecule has 0 saturated carbocycles. The smallest absolute Gasteiger partial charge is 0.318 e. The summed E-state index contributed by atoms with van der Waals surface area (Å²) in [6, 6.07) is 21.4. The number of hydrogen-bond donors (Lipinski definition) is 0. The Balaban J connectivity index is 0.000000124. The standard InChI is InChI=1S/C20H29N5O3.2C19H27N5O2.2C15H20N4O3.C14H18N4O2/c1-14(2)18-17(26-3)12-15(13-21-18)19-22-23-20(28-19)25-6-4-16(5-7-25)24-8-10-27-11-9-24;1-14(2)17-4-3-15(13-20-17)18-21-22-19(26-18)24-7-5-16(6-8-24)23-9-11-25-12-10-23;1-14(2)17-4-3-15(13-20-17)18-21-19(22-26-18)24-7-5-16(6-8-24)23-9-11-25-12-10-23;1-10(2)13-12(20-3)8-11(9-16-13)14-17-18-15(22-14)19-4-6-21-7-5-19;1-10(2)13-12(20-3)8-11(9-16-13)14-17-15(18-22-14)19-4-6-21-7-5-19;1-10(2)12-4-3-11(9-15-12)13-16-14(17-20-13)18-5-7-19-8-6-18/h12-14,16H,4-11H2,1-3H3;2*3-4,13-14,16H,5-12H2,1-2H3;2*8-10H,4-7H2,1-3H3;3-4,9-10H,5-8H2,1-2H3. The van der Waals surface area contributed by atoms with Gasteiger partial charge in [-0.15, -0.1) is 15.3 Å². The van der Waals surface area contributed by atoms with E-state index in [9.17, 15) is 0 Å². The monoisotopic (exact) mass is 1980 g/mol. The van der Waals surface area contributed by atoms with Crippen LogP contribution in [-0.4, -0.2) is 342 Å². The molecule has 774 valence electrons. The van der Waals surface area contributed by atoms with Gasteiger partial charge in [0.05, 0.1) is 151 Å². The molecule has 0 radical (unpaired) electrons. The van der Waals surface area contributed by atoms with Crippen LogP contribution in [0.2, 0.25) is 0 Å². The predicted octanol–water partition coefficient (Wildman–Crippen LogP) is 14.0. The summed E-state index contributed by atoms with van der Waals surface area (Å²) in [6.07, 6.45) is 17.4. The summed E-state index contributed by atoms with van der Waals surface area (Å²) in [7, 11) is 4.93. The number of rotatable bonds is 24. The fourth-order valence-electron chi connectivity index (χ4n) is 18.3. The number of nitrogens with zero attached hydrogens (tertiary/aromatic N) is 27. The maximum absolute atomic E-state index is 5.96. The van der Waals surface area contributed by atoms with Gasteiger partial charge in [-0.2, -0.15) is 15.0 Å². The van der Waals surface area contributed by atoms with E-state index in [2.05, 4.69) is 208 Å². The number of morpholine rings is 6. The maximum atomic E-state index is 5.96. The molecule has 0 amide bonds. The number of methoxy groups -OCH3 is 3.